The van der Waals surface area contributed by atoms with Crippen molar-refractivity contribution in [2.45, 2.75) is 45.2 Å². The minimum absolute atomic E-state index is 0.456. The van der Waals surface area contributed by atoms with Crippen molar-refractivity contribution in [3.05, 3.63) is 0 Å². The van der Waals surface area contributed by atoms with Crippen molar-refractivity contribution >= 4 is 0 Å². The molecule has 2 nitrogen and oxygen atoms in total. The van der Waals surface area contributed by atoms with Crippen LogP contribution in [0.2, 0.25) is 0 Å². The number of likely N-dealkylation sites (tertiary alicyclic amines) is 1. The van der Waals surface area contributed by atoms with Gasteiger partial charge in [-0.2, -0.15) is 0 Å². The number of rotatable bonds is 1. The topological polar surface area (TPSA) is 29.3 Å². The first-order chi connectivity index (χ1) is 6.18. The summed E-state index contributed by atoms with van der Waals surface area (Å²) in [5.41, 5.74) is 6.11. The quantitative estimate of drug-likeness (QED) is 0.665. The maximum Gasteiger partial charge on any atom is 0.0247 e. The zero-order valence-electron chi connectivity index (χ0n) is 8.87. The first-order valence-corrected chi connectivity index (χ1v) is 5.68. The van der Waals surface area contributed by atoms with E-state index in [2.05, 4.69) is 18.7 Å². The Balaban J connectivity index is 1.95. The van der Waals surface area contributed by atoms with E-state index < -0.39 is 0 Å². The number of hydrogen-bond acceptors (Lipinski definition) is 2. The van der Waals surface area contributed by atoms with Gasteiger partial charge in [0.15, 0.2) is 0 Å². The van der Waals surface area contributed by atoms with Crippen LogP contribution in [0.1, 0.15) is 33.1 Å². The van der Waals surface area contributed by atoms with Crippen molar-refractivity contribution in [2.24, 2.45) is 17.6 Å². The smallest absolute Gasteiger partial charge is 0.0247 e. The fourth-order valence-corrected chi connectivity index (χ4v) is 2.87. The maximum absolute atomic E-state index is 6.11. The Kier molecular flexibility index (Phi) is 2.61. The normalized spacial score (nSPS) is 47.3. The molecule has 1 aliphatic carbocycles. The number of nitrogens with zero attached hydrogens (tertiary/aromatic N) is 1. The fourth-order valence-electron chi connectivity index (χ4n) is 2.87. The number of nitrogens with two attached hydrogens (primary N) is 1. The van der Waals surface area contributed by atoms with Gasteiger partial charge in [0, 0.05) is 25.2 Å². The summed E-state index contributed by atoms with van der Waals surface area (Å²) in [6, 6.07) is 1.16. The van der Waals surface area contributed by atoms with Gasteiger partial charge < -0.3 is 5.73 Å². The van der Waals surface area contributed by atoms with E-state index in [0.29, 0.717) is 12.1 Å². The predicted octanol–water partition coefficient (Wildman–Crippen LogP) is 1.45. The van der Waals surface area contributed by atoms with E-state index in [9.17, 15) is 0 Å². The van der Waals surface area contributed by atoms with Crippen LogP contribution in [0.5, 0.6) is 0 Å². The molecule has 1 saturated carbocycles. The van der Waals surface area contributed by atoms with Crippen LogP contribution in [-0.4, -0.2) is 30.1 Å². The molecule has 4 atom stereocenters. The molecule has 2 rings (SSSR count). The van der Waals surface area contributed by atoms with E-state index in [-0.39, 0.29) is 0 Å². The summed E-state index contributed by atoms with van der Waals surface area (Å²) in [6.45, 7) is 7.29. The molecule has 2 aliphatic rings. The highest BCUT2D eigenvalue weighted by atomic mass is 15.2. The standard InChI is InChI=1S/C11H22N2/c1-8-6-13(7-9(8)2)11-5-3-4-10(11)12/h8-11H,3-7,12H2,1-2H3. The number of hydrogen-bond donors (Lipinski definition) is 1. The first-order valence-electron chi connectivity index (χ1n) is 5.68. The van der Waals surface area contributed by atoms with Gasteiger partial charge in [-0.3, -0.25) is 4.90 Å². The third-order valence-electron chi connectivity index (χ3n) is 4.02. The van der Waals surface area contributed by atoms with Gasteiger partial charge in [0.05, 0.1) is 0 Å². The van der Waals surface area contributed by atoms with Gasteiger partial charge in [-0.05, 0) is 24.7 Å². The predicted molar refractivity (Wildman–Crippen MR) is 55.5 cm³/mol. The Labute approximate surface area is 81.5 Å². The second kappa shape index (κ2) is 3.58. The minimum Gasteiger partial charge on any atom is -0.326 e. The zero-order chi connectivity index (χ0) is 9.42. The highest BCUT2D eigenvalue weighted by Gasteiger charge is 2.35. The Morgan fingerprint density at radius 1 is 1.08 bits per heavy atom. The van der Waals surface area contributed by atoms with Crippen LogP contribution in [-0.2, 0) is 0 Å². The summed E-state index contributed by atoms with van der Waals surface area (Å²) in [5.74, 6) is 1.74. The van der Waals surface area contributed by atoms with Crippen molar-refractivity contribution in [2.75, 3.05) is 13.1 Å². The molecular weight excluding hydrogens is 160 g/mol. The molecule has 76 valence electrons. The van der Waals surface area contributed by atoms with E-state index in [1.807, 2.05) is 0 Å². The van der Waals surface area contributed by atoms with Crippen LogP contribution < -0.4 is 5.73 Å². The Morgan fingerprint density at radius 3 is 2.15 bits per heavy atom. The Bertz CT molecular complexity index is 171. The summed E-state index contributed by atoms with van der Waals surface area (Å²) >= 11 is 0. The lowest BCUT2D eigenvalue weighted by Crippen LogP contribution is -2.43. The molecule has 0 radical (unpaired) electrons. The average molecular weight is 182 g/mol. The third-order valence-corrected chi connectivity index (χ3v) is 4.02. The molecule has 2 N–H and O–H groups in total. The molecule has 0 aromatic carbocycles. The second-order valence-corrected chi connectivity index (χ2v) is 5.07. The van der Waals surface area contributed by atoms with Crippen LogP contribution in [0, 0.1) is 11.8 Å². The van der Waals surface area contributed by atoms with Crippen molar-refractivity contribution < 1.29 is 0 Å². The van der Waals surface area contributed by atoms with E-state index in [0.717, 1.165) is 11.8 Å². The summed E-state index contributed by atoms with van der Waals surface area (Å²) < 4.78 is 0. The first kappa shape index (κ1) is 9.47. The molecule has 0 amide bonds. The Morgan fingerprint density at radius 2 is 1.69 bits per heavy atom. The van der Waals surface area contributed by atoms with Gasteiger partial charge in [-0.1, -0.05) is 20.3 Å². The SMILES string of the molecule is CC1CN(C2CCCC2N)CC1C. The van der Waals surface area contributed by atoms with Crippen LogP contribution in [0.25, 0.3) is 0 Å². The van der Waals surface area contributed by atoms with Crippen molar-refractivity contribution in [3.8, 4) is 0 Å². The van der Waals surface area contributed by atoms with Gasteiger partial charge in [0.2, 0.25) is 0 Å². The molecule has 0 spiro atoms. The van der Waals surface area contributed by atoms with Gasteiger partial charge >= 0.3 is 0 Å². The summed E-state index contributed by atoms with van der Waals surface area (Å²) in [4.78, 5) is 2.63. The molecule has 1 heterocycles. The van der Waals surface area contributed by atoms with E-state index in [1.165, 1.54) is 32.4 Å². The van der Waals surface area contributed by atoms with Crippen LogP contribution in [0.4, 0.5) is 0 Å². The second-order valence-electron chi connectivity index (χ2n) is 5.07. The lowest BCUT2D eigenvalue weighted by atomic mass is 10.0. The summed E-state index contributed by atoms with van der Waals surface area (Å²) in [7, 11) is 0. The van der Waals surface area contributed by atoms with Crippen molar-refractivity contribution in [3.63, 3.8) is 0 Å². The van der Waals surface area contributed by atoms with Crippen molar-refractivity contribution in [1.29, 1.82) is 0 Å². The monoisotopic (exact) mass is 182 g/mol. The highest BCUT2D eigenvalue weighted by molar-refractivity contribution is 4.92. The van der Waals surface area contributed by atoms with Crippen LogP contribution >= 0.6 is 0 Å². The van der Waals surface area contributed by atoms with Crippen LogP contribution in [0.3, 0.4) is 0 Å². The van der Waals surface area contributed by atoms with E-state index >= 15 is 0 Å². The zero-order valence-corrected chi connectivity index (χ0v) is 8.87. The lowest BCUT2D eigenvalue weighted by molar-refractivity contribution is 0.219. The van der Waals surface area contributed by atoms with Gasteiger partial charge in [0.25, 0.3) is 0 Å². The van der Waals surface area contributed by atoms with Crippen LogP contribution in [0.15, 0.2) is 0 Å². The third kappa shape index (κ3) is 1.75. The molecule has 4 unspecified atom stereocenters. The Hall–Kier alpha value is -0.0800. The highest BCUT2D eigenvalue weighted by Crippen LogP contribution is 2.30. The fraction of sp³-hybridized carbons (Fsp3) is 1.00. The van der Waals surface area contributed by atoms with Crippen molar-refractivity contribution in [1.82, 2.24) is 4.90 Å². The minimum atomic E-state index is 0.456. The average Bonchev–Trinajstić information content (AvgIpc) is 2.60. The largest absolute Gasteiger partial charge is 0.326 e. The maximum atomic E-state index is 6.11. The summed E-state index contributed by atoms with van der Waals surface area (Å²) in [5, 5.41) is 0. The molecule has 2 fully saturated rings. The summed E-state index contributed by atoms with van der Waals surface area (Å²) in [6.07, 6.45) is 3.91. The van der Waals surface area contributed by atoms with E-state index in [4.69, 9.17) is 5.73 Å². The van der Waals surface area contributed by atoms with Gasteiger partial charge in [0.1, 0.15) is 0 Å². The molecule has 2 heteroatoms. The lowest BCUT2D eigenvalue weighted by Gasteiger charge is -2.27. The molecule has 1 saturated heterocycles. The molecule has 1 aliphatic heterocycles. The van der Waals surface area contributed by atoms with Gasteiger partial charge in [-0.15, -0.1) is 0 Å². The molecule has 0 aromatic heterocycles. The molecule has 0 aromatic rings. The molecular formula is C11H22N2. The molecule has 0 bridgehead atoms. The van der Waals surface area contributed by atoms with E-state index in [1.54, 1.807) is 0 Å². The molecule has 13 heavy (non-hydrogen) atoms. The van der Waals surface area contributed by atoms with Gasteiger partial charge in [-0.25, -0.2) is 0 Å².